The molecule has 26 heavy (non-hydrogen) atoms. The molecule has 1 unspecified atom stereocenters. The zero-order valence-corrected chi connectivity index (χ0v) is 14.8. The Bertz CT molecular complexity index is 713. The van der Waals surface area contributed by atoms with Gasteiger partial charge in [-0.05, 0) is 36.8 Å². The Hall–Kier alpha value is -2.09. The summed E-state index contributed by atoms with van der Waals surface area (Å²) >= 11 is 0. The third kappa shape index (κ3) is 4.55. The molecule has 1 fully saturated rings. The summed E-state index contributed by atoms with van der Waals surface area (Å²) in [6, 6.07) is 14.6. The maximum atomic E-state index is 12.7. The summed E-state index contributed by atoms with van der Waals surface area (Å²) in [5, 5.41) is 0. The molecule has 0 radical (unpaired) electrons. The van der Waals surface area contributed by atoms with E-state index in [0.29, 0.717) is 16.9 Å². The molecule has 0 bridgehead atoms. The highest BCUT2D eigenvalue weighted by Gasteiger charge is 2.37. The smallest absolute Gasteiger partial charge is 0.416 e. The highest BCUT2D eigenvalue weighted by molar-refractivity contribution is 5.30. The topological polar surface area (TPSA) is 33.3 Å². The van der Waals surface area contributed by atoms with Crippen LogP contribution >= 0.6 is 0 Å². The average molecular weight is 366 g/mol. The summed E-state index contributed by atoms with van der Waals surface area (Å²) in [7, 11) is 2.03. The van der Waals surface area contributed by atoms with Crippen molar-refractivity contribution < 1.29 is 22.6 Å². The second-order valence-electron chi connectivity index (χ2n) is 6.72. The Kier molecular flexibility index (Phi) is 5.22. The molecule has 1 saturated heterocycles. The van der Waals surface area contributed by atoms with Crippen LogP contribution in [-0.2, 0) is 6.18 Å². The lowest BCUT2D eigenvalue weighted by Gasteiger charge is -2.46. The molecule has 0 amide bonds. The molecule has 2 N–H and O–H groups in total. The lowest BCUT2D eigenvalue weighted by molar-refractivity contribution is -1.04. The first kappa shape index (κ1) is 18.7. The summed E-state index contributed by atoms with van der Waals surface area (Å²) in [5.41, 5.74) is 7.03. The minimum atomic E-state index is -4.35. The van der Waals surface area contributed by atoms with Gasteiger partial charge in [0, 0.05) is 6.42 Å². The largest absolute Gasteiger partial charge is 0.486 e. The van der Waals surface area contributed by atoms with Gasteiger partial charge in [-0.25, -0.2) is 0 Å². The van der Waals surface area contributed by atoms with Gasteiger partial charge in [-0.15, -0.1) is 10.9 Å². The monoisotopic (exact) mass is 366 g/mol. The number of nitrogens with zero attached hydrogens (tertiary/aromatic N) is 1. The van der Waals surface area contributed by atoms with E-state index < -0.39 is 11.7 Å². The maximum Gasteiger partial charge on any atom is 0.416 e. The molecule has 2 aromatic carbocycles. The third-order valence-electron chi connectivity index (χ3n) is 4.43. The third-order valence-corrected chi connectivity index (χ3v) is 4.43. The first-order chi connectivity index (χ1) is 12.3. The highest BCUT2D eigenvalue weighted by Crippen LogP contribution is 2.32. The van der Waals surface area contributed by atoms with Crippen molar-refractivity contribution in [3.63, 3.8) is 0 Å². The van der Waals surface area contributed by atoms with Crippen molar-refractivity contribution in [1.29, 1.82) is 0 Å². The van der Waals surface area contributed by atoms with Crippen molar-refractivity contribution in [1.82, 2.24) is 10.9 Å². The summed E-state index contributed by atoms with van der Waals surface area (Å²) in [5.74, 6) is 0.424. The second kappa shape index (κ2) is 7.26. The van der Waals surface area contributed by atoms with Gasteiger partial charge in [-0.3, -0.25) is 0 Å². The molecule has 1 heterocycles. The van der Waals surface area contributed by atoms with Gasteiger partial charge >= 0.3 is 6.18 Å². The molecule has 7 heteroatoms. The molecule has 2 aromatic rings. The van der Waals surface area contributed by atoms with Crippen molar-refractivity contribution >= 4 is 0 Å². The van der Waals surface area contributed by atoms with E-state index in [1.54, 1.807) is 0 Å². The number of quaternary nitrogens is 1. The quantitative estimate of drug-likeness (QED) is 0.758. The Morgan fingerprint density at radius 3 is 2.19 bits per heavy atom. The van der Waals surface area contributed by atoms with E-state index in [4.69, 9.17) is 4.74 Å². The van der Waals surface area contributed by atoms with Gasteiger partial charge in [-0.1, -0.05) is 30.3 Å². The molecular weight excluding hydrogens is 343 g/mol. The van der Waals surface area contributed by atoms with Crippen LogP contribution in [-0.4, -0.2) is 24.5 Å². The number of halogens is 3. The van der Waals surface area contributed by atoms with Crippen LogP contribution in [0.5, 0.6) is 5.75 Å². The minimum absolute atomic E-state index is 0.248. The van der Waals surface area contributed by atoms with E-state index >= 15 is 0 Å². The van der Waals surface area contributed by atoms with Gasteiger partial charge < -0.3 is 4.74 Å². The Balaban J connectivity index is 1.71. The summed E-state index contributed by atoms with van der Waals surface area (Å²) in [4.78, 5) is 0. The van der Waals surface area contributed by atoms with Crippen molar-refractivity contribution in [2.24, 2.45) is 0 Å². The first-order valence-electron chi connectivity index (χ1n) is 8.55. The fourth-order valence-corrected chi connectivity index (χ4v) is 3.21. The zero-order chi connectivity index (χ0) is 18.8. The number of ether oxygens (including phenoxy) is 1. The van der Waals surface area contributed by atoms with Crippen LogP contribution in [0.3, 0.4) is 0 Å². The molecule has 1 aliphatic rings. The van der Waals surface area contributed by atoms with Crippen LogP contribution in [0.15, 0.2) is 54.6 Å². The van der Waals surface area contributed by atoms with Gasteiger partial charge in [0.05, 0.1) is 5.56 Å². The SMILES string of the molecule is CC1N[N+](C)(CCC(Oc2ccc(C(F)(F)F)cc2)c2ccccc2)N1. The molecule has 0 aliphatic carbocycles. The Morgan fingerprint density at radius 2 is 1.65 bits per heavy atom. The molecule has 1 aliphatic heterocycles. The lowest BCUT2D eigenvalue weighted by Crippen LogP contribution is -2.81. The van der Waals surface area contributed by atoms with Crippen LogP contribution < -0.4 is 15.6 Å². The van der Waals surface area contributed by atoms with Crippen molar-refractivity contribution in [2.45, 2.75) is 31.8 Å². The summed E-state index contributed by atoms with van der Waals surface area (Å²) < 4.78 is 44.7. The van der Waals surface area contributed by atoms with Gasteiger partial charge in [0.15, 0.2) is 6.17 Å². The molecule has 4 nitrogen and oxygen atoms in total. The first-order valence-corrected chi connectivity index (χ1v) is 8.55. The molecule has 3 rings (SSSR count). The van der Waals surface area contributed by atoms with E-state index in [-0.39, 0.29) is 12.3 Å². The number of rotatable bonds is 6. The van der Waals surface area contributed by atoms with Crippen LogP contribution in [0.25, 0.3) is 0 Å². The number of hydrogen-bond acceptors (Lipinski definition) is 3. The standard InChI is InChI=1S/C19H23F3N3O/c1-14-23-25(2,24-14)13-12-18(15-6-4-3-5-7-15)26-17-10-8-16(9-11-17)19(20,21)22/h3-11,14,18,23-24H,12-13H2,1-2H3/q+1. The van der Waals surface area contributed by atoms with Gasteiger partial charge in [0.2, 0.25) is 0 Å². The second-order valence-corrected chi connectivity index (χ2v) is 6.72. The van der Waals surface area contributed by atoms with Crippen molar-refractivity contribution in [2.75, 3.05) is 13.6 Å². The normalized spacial score (nSPS) is 24.0. The fraction of sp³-hybridized carbons (Fsp3) is 0.368. The van der Waals surface area contributed by atoms with E-state index in [1.807, 2.05) is 44.3 Å². The summed E-state index contributed by atoms with van der Waals surface area (Å²) in [6.45, 7) is 2.80. The lowest BCUT2D eigenvalue weighted by atomic mass is 10.1. The zero-order valence-electron chi connectivity index (χ0n) is 14.8. The molecule has 1 atom stereocenters. The van der Waals surface area contributed by atoms with Gasteiger partial charge in [0.25, 0.3) is 0 Å². The van der Waals surface area contributed by atoms with Crippen LogP contribution in [0.2, 0.25) is 0 Å². The fourth-order valence-electron chi connectivity index (χ4n) is 3.21. The summed E-state index contributed by atoms with van der Waals surface area (Å²) in [6.07, 6.45) is -3.64. The maximum absolute atomic E-state index is 12.7. The molecule has 0 saturated carbocycles. The molecule has 0 aromatic heterocycles. The number of nitrogens with one attached hydrogen (secondary N) is 2. The van der Waals surface area contributed by atoms with Crippen molar-refractivity contribution in [3.8, 4) is 5.75 Å². The minimum Gasteiger partial charge on any atom is -0.486 e. The van der Waals surface area contributed by atoms with E-state index in [9.17, 15) is 13.2 Å². The van der Waals surface area contributed by atoms with Crippen LogP contribution in [0.1, 0.15) is 30.6 Å². The predicted molar refractivity (Wildman–Crippen MR) is 92.7 cm³/mol. The van der Waals surface area contributed by atoms with E-state index in [2.05, 4.69) is 10.9 Å². The Morgan fingerprint density at radius 1 is 1.04 bits per heavy atom. The number of benzene rings is 2. The average Bonchev–Trinajstić information content (AvgIpc) is 2.58. The molecular formula is C19H23F3N3O+. The van der Waals surface area contributed by atoms with Gasteiger partial charge in [0.1, 0.15) is 25.4 Å². The number of hydrogen-bond donors (Lipinski definition) is 2. The highest BCUT2D eigenvalue weighted by atomic mass is 19.4. The Labute approximate surface area is 151 Å². The van der Waals surface area contributed by atoms with Gasteiger partial charge in [-0.2, -0.15) is 17.9 Å². The van der Waals surface area contributed by atoms with Crippen molar-refractivity contribution in [3.05, 3.63) is 65.7 Å². The van der Waals surface area contributed by atoms with Crippen LogP contribution in [0, 0.1) is 0 Å². The number of alkyl halides is 3. The van der Waals surface area contributed by atoms with Crippen LogP contribution in [0.4, 0.5) is 13.2 Å². The van der Waals surface area contributed by atoms with E-state index in [0.717, 1.165) is 24.2 Å². The predicted octanol–water partition coefficient (Wildman–Crippen LogP) is 4.03. The molecule has 0 spiro atoms. The van der Waals surface area contributed by atoms with E-state index in [1.165, 1.54) is 12.1 Å². The molecule has 140 valence electrons.